The van der Waals surface area contributed by atoms with Crippen LogP contribution >= 0.6 is 23.6 Å². The first-order valence-corrected chi connectivity index (χ1v) is 9.15. The summed E-state index contributed by atoms with van der Waals surface area (Å²) in [7, 11) is 0. The van der Waals surface area contributed by atoms with Gasteiger partial charge in [-0.3, -0.25) is 14.9 Å². The molecule has 3 atom stereocenters. The standard InChI is InChI=1S/C16H12F3N3O5S2/c17-16(18,19)15(25)11(13(24)10-2-1-5-29-10)12(20-14(28)21-15)7-3-4-9(23)8(6-7)22(26)27/h1-6,11-12,23,25H,(H2,20,21,28)/p-1/t11-,12+,15+/m0/s1. The van der Waals surface area contributed by atoms with Crippen LogP contribution in [0.1, 0.15) is 21.3 Å². The van der Waals surface area contributed by atoms with Crippen LogP contribution < -0.4 is 15.7 Å². The number of alkyl halides is 3. The molecule has 1 fully saturated rings. The Labute approximate surface area is 170 Å². The van der Waals surface area contributed by atoms with Gasteiger partial charge in [-0.15, -0.1) is 11.3 Å². The average molecular weight is 446 g/mol. The van der Waals surface area contributed by atoms with Crippen molar-refractivity contribution in [2.45, 2.75) is 17.9 Å². The predicted molar refractivity (Wildman–Crippen MR) is 97.3 cm³/mol. The van der Waals surface area contributed by atoms with Crippen molar-refractivity contribution in [1.82, 2.24) is 10.6 Å². The van der Waals surface area contributed by atoms with Crippen molar-refractivity contribution in [3.8, 4) is 5.75 Å². The number of hydrogen-bond acceptors (Lipinski definition) is 7. The Hall–Kier alpha value is -2.77. The van der Waals surface area contributed by atoms with Gasteiger partial charge < -0.3 is 20.8 Å². The zero-order valence-electron chi connectivity index (χ0n) is 14.1. The molecule has 0 radical (unpaired) electrons. The zero-order chi connectivity index (χ0) is 21.6. The number of hydrogen-bond donors (Lipinski definition) is 3. The van der Waals surface area contributed by atoms with Gasteiger partial charge in [0.1, 0.15) is 5.92 Å². The average Bonchev–Trinajstić information content (AvgIpc) is 3.14. The molecule has 1 aliphatic heterocycles. The number of rotatable bonds is 4. The molecule has 13 heteroatoms. The van der Waals surface area contributed by atoms with Crippen molar-refractivity contribution < 1.29 is 33.1 Å². The maximum Gasteiger partial charge on any atom is 0.437 e. The summed E-state index contributed by atoms with van der Waals surface area (Å²) in [4.78, 5) is 22.9. The molecule has 0 saturated carbocycles. The molecule has 0 bridgehead atoms. The van der Waals surface area contributed by atoms with Crippen LogP contribution in [-0.2, 0) is 0 Å². The van der Waals surface area contributed by atoms with Crippen molar-refractivity contribution in [3.05, 3.63) is 56.3 Å². The van der Waals surface area contributed by atoms with Gasteiger partial charge in [0.05, 0.1) is 15.8 Å². The maximum absolute atomic E-state index is 13.8. The number of nitrogens with one attached hydrogen (secondary N) is 2. The van der Waals surface area contributed by atoms with Crippen LogP contribution in [0.15, 0.2) is 35.7 Å². The van der Waals surface area contributed by atoms with Gasteiger partial charge in [0.25, 0.3) is 5.69 Å². The molecule has 0 amide bonds. The molecule has 3 rings (SSSR count). The normalized spacial score (nSPS) is 24.5. The number of halogens is 3. The van der Waals surface area contributed by atoms with E-state index in [1.807, 2.05) is 0 Å². The molecule has 2 heterocycles. The number of nitrogens with zero attached hydrogens (tertiary/aromatic N) is 1. The van der Waals surface area contributed by atoms with E-state index >= 15 is 0 Å². The lowest BCUT2D eigenvalue weighted by Crippen LogP contribution is -2.72. The number of nitro benzene ring substituents is 1. The maximum atomic E-state index is 13.8. The third kappa shape index (κ3) is 3.63. The predicted octanol–water partition coefficient (Wildman–Crippen LogP) is 2.00. The SMILES string of the molecule is O=C(c1cccs1)[C@@H]1[C@@H](c2ccc([O-])c([N+](=O)[O-])c2)NC(=S)N[C@]1(O)C(F)(F)F. The fraction of sp³-hybridized carbons (Fsp3) is 0.250. The molecule has 1 saturated heterocycles. The Morgan fingerprint density at radius 2 is 2.03 bits per heavy atom. The number of Topliss-reactive ketones (excluding diaryl/α,β-unsaturated/α-hetero) is 1. The largest absolute Gasteiger partial charge is 0.868 e. The van der Waals surface area contributed by atoms with E-state index < -0.39 is 51.1 Å². The summed E-state index contributed by atoms with van der Waals surface area (Å²) in [5, 5.41) is 38.2. The monoisotopic (exact) mass is 446 g/mol. The third-order valence-electron chi connectivity index (χ3n) is 4.39. The summed E-state index contributed by atoms with van der Waals surface area (Å²) < 4.78 is 41.4. The molecule has 29 heavy (non-hydrogen) atoms. The second-order valence-corrected chi connectivity index (χ2v) is 7.50. The van der Waals surface area contributed by atoms with Crippen LogP contribution in [0.25, 0.3) is 0 Å². The summed E-state index contributed by atoms with van der Waals surface area (Å²) >= 11 is 5.63. The Kier molecular flexibility index (Phi) is 5.23. The quantitative estimate of drug-likeness (QED) is 0.282. The zero-order valence-corrected chi connectivity index (χ0v) is 15.7. The minimum atomic E-state index is -5.32. The number of carbonyl (C=O) groups excluding carboxylic acids is 1. The van der Waals surface area contributed by atoms with Gasteiger partial charge >= 0.3 is 6.18 Å². The number of benzene rings is 1. The van der Waals surface area contributed by atoms with Gasteiger partial charge in [0, 0.05) is 6.07 Å². The van der Waals surface area contributed by atoms with E-state index in [4.69, 9.17) is 12.2 Å². The van der Waals surface area contributed by atoms with Gasteiger partial charge in [0.2, 0.25) is 5.72 Å². The van der Waals surface area contributed by atoms with Crippen LogP contribution in [-0.4, -0.2) is 32.8 Å². The van der Waals surface area contributed by atoms with Crippen LogP contribution in [0.2, 0.25) is 0 Å². The fourth-order valence-corrected chi connectivity index (χ4v) is 4.05. The van der Waals surface area contributed by atoms with E-state index in [1.54, 1.807) is 5.32 Å². The van der Waals surface area contributed by atoms with Crippen molar-refractivity contribution in [3.63, 3.8) is 0 Å². The van der Waals surface area contributed by atoms with Crippen molar-refractivity contribution in [2.24, 2.45) is 5.92 Å². The molecule has 8 nitrogen and oxygen atoms in total. The van der Waals surface area contributed by atoms with Gasteiger partial charge in [-0.25, -0.2) is 0 Å². The lowest BCUT2D eigenvalue weighted by Gasteiger charge is -2.46. The lowest BCUT2D eigenvalue weighted by molar-refractivity contribution is -0.398. The van der Waals surface area contributed by atoms with E-state index in [0.29, 0.717) is 0 Å². The second-order valence-electron chi connectivity index (χ2n) is 6.14. The van der Waals surface area contributed by atoms with E-state index in [1.165, 1.54) is 17.5 Å². The summed E-state index contributed by atoms with van der Waals surface area (Å²) in [5.41, 5.74) is -4.81. The number of ketones is 1. The van der Waals surface area contributed by atoms with E-state index in [0.717, 1.165) is 29.5 Å². The third-order valence-corrected chi connectivity index (χ3v) is 5.50. The minimum Gasteiger partial charge on any atom is -0.868 e. The minimum absolute atomic E-state index is 0.0611. The Bertz CT molecular complexity index is 983. The molecule has 0 spiro atoms. The highest BCUT2D eigenvalue weighted by Crippen LogP contribution is 2.45. The molecular weight excluding hydrogens is 435 g/mol. The lowest BCUT2D eigenvalue weighted by atomic mass is 9.78. The molecule has 154 valence electrons. The summed E-state index contributed by atoms with van der Waals surface area (Å²) in [5.74, 6) is -4.20. The molecule has 0 unspecified atom stereocenters. The van der Waals surface area contributed by atoms with Gasteiger partial charge in [-0.2, -0.15) is 13.2 Å². The van der Waals surface area contributed by atoms with E-state index in [-0.39, 0.29) is 10.4 Å². The number of carbonyl (C=O) groups is 1. The second kappa shape index (κ2) is 7.24. The number of aliphatic hydroxyl groups is 1. The highest BCUT2D eigenvalue weighted by Gasteiger charge is 2.65. The Morgan fingerprint density at radius 3 is 2.59 bits per heavy atom. The first-order valence-electron chi connectivity index (χ1n) is 7.86. The highest BCUT2D eigenvalue weighted by molar-refractivity contribution is 7.80. The van der Waals surface area contributed by atoms with Crippen molar-refractivity contribution >= 4 is 40.1 Å². The molecule has 1 aromatic carbocycles. The van der Waals surface area contributed by atoms with Crippen LogP contribution in [0.5, 0.6) is 5.75 Å². The van der Waals surface area contributed by atoms with Crippen molar-refractivity contribution in [1.29, 1.82) is 0 Å². The van der Waals surface area contributed by atoms with Crippen molar-refractivity contribution in [2.75, 3.05) is 0 Å². The topological polar surface area (TPSA) is 128 Å². The van der Waals surface area contributed by atoms with Crippen LogP contribution in [0.4, 0.5) is 18.9 Å². The summed E-state index contributed by atoms with van der Waals surface area (Å²) in [6, 6.07) is 3.76. The summed E-state index contributed by atoms with van der Waals surface area (Å²) in [6.45, 7) is 0. The Morgan fingerprint density at radius 1 is 1.34 bits per heavy atom. The smallest absolute Gasteiger partial charge is 0.437 e. The number of nitro groups is 1. The molecule has 0 aliphatic carbocycles. The van der Waals surface area contributed by atoms with E-state index in [9.17, 15) is 38.3 Å². The summed E-state index contributed by atoms with van der Waals surface area (Å²) in [6.07, 6.45) is -5.32. The number of thiophene rings is 1. The van der Waals surface area contributed by atoms with E-state index in [2.05, 4.69) is 5.32 Å². The highest BCUT2D eigenvalue weighted by atomic mass is 32.1. The van der Waals surface area contributed by atoms with Gasteiger partial charge in [-0.05, 0) is 35.0 Å². The molecule has 1 aliphatic rings. The number of thiocarbonyl (C=S) groups is 1. The molecule has 3 N–H and O–H groups in total. The first-order chi connectivity index (χ1) is 13.5. The van der Waals surface area contributed by atoms with Gasteiger partial charge in [-0.1, -0.05) is 18.2 Å². The molecule has 1 aromatic heterocycles. The Balaban J connectivity index is 2.19. The van der Waals surface area contributed by atoms with Crippen LogP contribution in [0, 0.1) is 16.0 Å². The molecular formula is C16H11F3N3O5S2-. The molecule has 2 aromatic rings. The van der Waals surface area contributed by atoms with Gasteiger partial charge in [0.15, 0.2) is 10.9 Å². The van der Waals surface area contributed by atoms with Crippen LogP contribution in [0.3, 0.4) is 0 Å². The first kappa shape index (κ1) is 21.0. The fourth-order valence-electron chi connectivity index (χ4n) is 3.06.